The van der Waals surface area contributed by atoms with Gasteiger partial charge in [0.25, 0.3) is 0 Å². The van der Waals surface area contributed by atoms with E-state index in [1.54, 1.807) is 0 Å². The van der Waals surface area contributed by atoms with E-state index in [9.17, 15) is 0 Å². The number of rotatable bonds is 6. The summed E-state index contributed by atoms with van der Waals surface area (Å²) in [6.07, 6.45) is 3.91. The monoisotopic (exact) mass is 209 g/mol. The first kappa shape index (κ1) is 12.2. The maximum absolute atomic E-state index is 4.22. The average molecular weight is 209 g/mol. The summed E-state index contributed by atoms with van der Waals surface area (Å²) in [4.78, 5) is 4.22. The predicted octanol–water partition coefficient (Wildman–Crippen LogP) is 2.07. The third kappa shape index (κ3) is 4.47. The molecule has 86 valence electrons. The van der Waals surface area contributed by atoms with E-state index in [0.29, 0.717) is 5.92 Å². The Morgan fingerprint density at radius 3 is 2.60 bits per heavy atom. The molecule has 1 N–H and O–H groups in total. The molecule has 1 atom stereocenters. The van der Waals surface area contributed by atoms with Gasteiger partial charge < -0.3 is 9.88 Å². The fourth-order valence-electron chi connectivity index (χ4n) is 1.62. The Bertz CT molecular complexity index is 278. The number of nitrogens with zero attached hydrogens (tertiary/aromatic N) is 2. The summed E-state index contributed by atoms with van der Waals surface area (Å²) in [6, 6.07) is 0. The Labute approximate surface area is 92.9 Å². The van der Waals surface area contributed by atoms with Crippen LogP contribution in [0.15, 0.2) is 12.4 Å². The number of aryl methyl sites for hydroxylation is 1. The minimum atomic E-state index is 0.650. The quantitative estimate of drug-likeness (QED) is 0.777. The van der Waals surface area contributed by atoms with Crippen molar-refractivity contribution in [2.24, 2.45) is 11.8 Å². The summed E-state index contributed by atoms with van der Waals surface area (Å²) in [5.41, 5.74) is 0. The van der Waals surface area contributed by atoms with Gasteiger partial charge in [-0.3, -0.25) is 0 Å². The lowest BCUT2D eigenvalue weighted by atomic mass is 10.1. The van der Waals surface area contributed by atoms with E-state index in [0.717, 1.165) is 31.4 Å². The van der Waals surface area contributed by atoms with Gasteiger partial charge in [-0.25, -0.2) is 4.98 Å². The van der Waals surface area contributed by atoms with Crippen molar-refractivity contribution in [1.29, 1.82) is 0 Å². The van der Waals surface area contributed by atoms with Gasteiger partial charge in [0.15, 0.2) is 0 Å². The van der Waals surface area contributed by atoms with Gasteiger partial charge in [-0.05, 0) is 31.8 Å². The Morgan fingerprint density at radius 2 is 2.07 bits per heavy atom. The van der Waals surface area contributed by atoms with E-state index in [2.05, 4.69) is 35.6 Å². The van der Waals surface area contributed by atoms with Crippen LogP contribution in [0.4, 0.5) is 0 Å². The highest BCUT2D eigenvalue weighted by molar-refractivity contribution is 4.88. The van der Waals surface area contributed by atoms with E-state index in [4.69, 9.17) is 0 Å². The molecule has 1 rings (SSSR count). The van der Waals surface area contributed by atoms with Crippen molar-refractivity contribution in [3.8, 4) is 0 Å². The van der Waals surface area contributed by atoms with Gasteiger partial charge >= 0.3 is 0 Å². The molecule has 3 heteroatoms. The van der Waals surface area contributed by atoms with Crippen LogP contribution >= 0.6 is 0 Å². The Kier molecular flexibility index (Phi) is 4.82. The lowest BCUT2D eigenvalue weighted by Crippen LogP contribution is -2.27. The van der Waals surface area contributed by atoms with Gasteiger partial charge in [0.2, 0.25) is 0 Å². The molecule has 0 radical (unpaired) electrons. The third-order valence-electron chi connectivity index (χ3n) is 2.48. The summed E-state index contributed by atoms with van der Waals surface area (Å²) in [5.74, 6) is 2.48. The minimum Gasteiger partial charge on any atom is -0.335 e. The number of imidazole rings is 1. The predicted molar refractivity (Wildman–Crippen MR) is 63.8 cm³/mol. The topological polar surface area (TPSA) is 29.9 Å². The molecule has 0 bridgehead atoms. The van der Waals surface area contributed by atoms with Gasteiger partial charge in [-0.2, -0.15) is 0 Å². The minimum absolute atomic E-state index is 0.650. The fraction of sp³-hybridized carbons (Fsp3) is 0.750. The van der Waals surface area contributed by atoms with Crippen molar-refractivity contribution in [2.75, 3.05) is 13.1 Å². The largest absolute Gasteiger partial charge is 0.335 e. The van der Waals surface area contributed by atoms with Crippen molar-refractivity contribution in [1.82, 2.24) is 14.9 Å². The van der Waals surface area contributed by atoms with Crippen LogP contribution in [-0.2, 0) is 6.54 Å². The van der Waals surface area contributed by atoms with Gasteiger partial charge in [-0.1, -0.05) is 20.8 Å². The lowest BCUT2D eigenvalue weighted by Gasteiger charge is -2.15. The maximum atomic E-state index is 4.22. The first-order valence-electron chi connectivity index (χ1n) is 5.78. The van der Waals surface area contributed by atoms with Gasteiger partial charge in [-0.15, -0.1) is 0 Å². The molecular formula is C12H23N3. The number of aromatic nitrogens is 2. The van der Waals surface area contributed by atoms with Crippen LogP contribution in [0, 0.1) is 18.8 Å². The molecule has 3 nitrogen and oxygen atoms in total. The molecule has 0 spiro atoms. The fourth-order valence-corrected chi connectivity index (χ4v) is 1.62. The van der Waals surface area contributed by atoms with Crippen molar-refractivity contribution < 1.29 is 0 Å². The van der Waals surface area contributed by atoms with Crippen molar-refractivity contribution in [3.05, 3.63) is 18.2 Å². The number of hydrogen-bond acceptors (Lipinski definition) is 2. The SMILES string of the molecule is Cc1nccn1CC(C)CNCC(C)C. The molecule has 1 aromatic rings. The van der Waals surface area contributed by atoms with E-state index in [1.807, 2.05) is 19.3 Å². The molecule has 1 unspecified atom stereocenters. The first-order valence-corrected chi connectivity index (χ1v) is 5.78. The van der Waals surface area contributed by atoms with Gasteiger partial charge in [0.05, 0.1) is 0 Å². The van der Waals surface area contributed by atoms with Crippen LogP contribution in [0.2, 0.25) is 0 Å². The number of hydrogen-bond donors (Lipinski definition) is 1. The molecule has 0 fully saturated rings. The molecule has 0 amide bonds. The third-order valence-corrected chi connectivity index (χ3v) is 2.48. The smallest absolute Gasteiger partial charge is 0.105 e. The molecule has 0 saturated carbocycles. The molecule has 0 aliphatic heterocycles. The zero-order chi connectivity index (χ0) is 11.3. The Hall–Kier alpha value is -0.830. The van der Waals surface area contributed by atoms with Crippen LogP contribution in [-0.4, -0.2) is 22.6 Å². The van der Waals surface area contributed by atoms with E-state index in [-0.39, 0.29) is 0 Å². The molecule has 15 heavy (non-hydrogen) atoms. The molecule has 0 aliphatic carbocycles. The Morgan fingerprint density at radius 1 is 1.33 bits per heavy atom. The average Bonchev–Trinajstić information content (AvgIpc) is 2.51. The van der Waals surface area contributed by atoms with E-state index in [1.165, 1.54) is 0 Å². The molecule has 0 aliphatic rings. The molecular weight excluding hydrogens is 186 g/mol. The normalized spacial score (nSPS) is 13.4. The summed E-state index contributed by atoms with van der Waals surface area (Å²) in [5, 5.41) is 3.48. The zero-order valence-electron chi connectivity index (χ0n) is 10.3. The highest BCUT2D eigenvalue weighted by atomic mass is 15.1. The second-order valence-electron chi connectivity index (χ2n) is 4.78. The van der Waals surface area contributed by atoms with Gasteiger partial charge in [0, 0.05) is 18.9 Å². The first-order chi connectivity index (χ1) is 7.09. The molecule has 1 heterocycles. The standard InChI is InChI=1S/C12H23N3/c1-10(2)7-13-8-11(3)9-15-6-5-14-12(15)4/h5-6,10-11,13H,7-9H2,1-4H3. The highest BCUT2D eigenvalue weighted by Crippen LogP contribution is 2.02. The van der Waals surface area contributed by atoms with Crippen LogP contribution in [0.1, 0.15) is 26.6 Å². The zero-order valence-corrected chi connectivity index (χ0v) is 10.3. The van der Waals surface area contributed by atoms with Crippen LogP contribution in [0.25, 0.3) is 0 Å². The van der Waals surface area contributed by atoms with Gasteiger partial charge in [0.1, 0.15) is 5.82 Å². The molecule has 0 saturated heterocycles. The van der Waals surface area contributed by atoms with Crippen molar-refractivity contribution in [3.63, 3.8) is 0 Å². The van der Waals surface area contributed by atoms with Crippen molar-refractivity contribution >= 4 is 0 Å². The highest BCUT2D eigenvalue weighted by Gasteiger charge is 2.04. The number of nitrogens with one attached hydrogen (secondary N) is 1. The van der Waals surface area contributed by atoms with Crippen molar-refractivity contribution in [2.45, 2.75) is 34.2 Å². The maximum Gasteiger partial charge on any atom is 0.105 e. The molecule has 0 aromatic carbocycles. The lowest BCUT2D eigenvalue weighted by molar-refractivity contribution is 0.424. The van der Waals surface area contributed by atoms with E-state index < -0.39 is 0 Å². The second kappa shape index (κ2) is 5.91. The summed E-state index contributed by atoms with van der Waals surface area (Å²) >= 11 is 0. The van der Waals surface area contributed by atoms with Crippen LogP contribution in [0.5, 0.6) is 0 Å². The Balaban J connectivity index is 2.24. The summed E-state index contributed by atoms with van der Waals surface area (Å²) < 4.78 is 2.21. The van der Waals surface area contributed by atoms with E-state index >= 15 is 0 Å². The summed E-state index contributed by atoms with van der Waals surface area (Å²) in [6.45, 7) is 12.0. The summed E-state index contributed by atoms with van der Waals surface area (Å²) in [7, 11) is 0. The second-order valence-corrected chi connectivity index (χ2v) is 4.78. The molecule has 1 aromatic heterocycles. The van der Waals surface area contributed by atoms with Crippen LogP contribution in [0.3, 0.4) is 0 Å². The van der Waals surface area contributed by atoms with Crippen LogP contribution < -0.4 is 5.32 Å².